The van der Waals surface area contributed by atoms with Gasteiger partial charge in [0.15, 0.2) is 0 Å². The molecule has 0 aromatic carbocycles. The summed E-state index contributed by atoms with van der Waals surface area (Å²) in [5.41, 5.74) is 5.65. The van der Waals surface area contributed by atoms with Gasteiger partial charge in [-0.05, 0) is 12.8 Å². The van der Waals surface area contributed by atoms with Gasteiger partial charge in [-0.2, -0.15) is 0 Å². The fourth-order valence-corrected chi connectivity index (χ4v) is 1.47. The second kappa shape index (κ2) is 4.18. The molecule has 1 aromatic rings. The van der Waals surface area contributed by atoms with Gasteiger partial charge in [0.2, 0.25) is 5.91 Å². The second-order valence-corrected chi connectivity index (χ2v) is 4.10. The molecule has 0 aliphatic heterocycles. The first-order chi connectivity index (χ1) is 7.67. The standard InChI is InChI=1S/C9H15N5O2/c10-3-7-4-14(13-12-7)5-8(16)11-9(6-15)1-2-9/h4,15H,1-3,5-6,10H2,(H,11,16). The normalized spacial score (nSPS) is 17.1. The molecule has 1 aliphatic rings. The van der Waals surface area contributed by atoms with Gasteiger partial charge >= 0.3 is 0 Å². The molecular formula is C9H15N5O2. The van der Waals surface area contributed by atoms with E-state index in [1.165, 1.54) is 4.68 Å². The highest BCUT2D eigenvalue weighted by atomic mass is 16.3. The number of nitrogens with one attached hydrogen (secondary N) is 1. The van der Waals surface area contributed by atoms with E-state index in [-0.39, 0.29) is 24.6 Å². The minimum absolute atomic E-state index is 0.00977. The molecule has 1 aromatic heterocycles. The number of nitrogens with two attached hydrogens (primary N) is 1. The van der Waals surface area contributed by atoms with E-state index in [1.807, 2.05) is 0 Å². The molecule has 0 spiro atoms. The van der Waals surface area contributed by atoms with Gasteiger partial charge < -0.3 is 16.2 Å². The average Bonchev–Trinajstić information content (AvgIpc) is 2.89. The number of carbonyl (C=O) groups excluding carboxylic acids is 1. The van der Waals surface area contributed by atoms with Crippen LogP contribution in [0.25, 0.3) is 0 Å². The van der Waals surface area contributed by atoms with Crippen molar-refractivity contribution in [2.75, 3.05) is 6.61 Å². The lowest BCUT2D eigenvalue weighted by Crippen LogP contribution is -2.41. The van der Waals surface area contributed by atoms with Crippen LogP contribution in [-0.2, 0) is 17.9 Å². The van der Waals surface area contributed by atoms with Crippen molar-refractivity contribution >= 4 is 5.91 Å². The number of amides is 1. The molecule has 0 saturated heterocycles. The Morgan fingerprint density at radius 2 is 2.44 bits per heavy atom. The van der Waals surface area contributed by atoms with Crippen LogP contribution in [0.3, 0.4) is 0 Å². The van der Waals surface area contributed by atoms with Crippen LogP contribution in [0.2, 0.25) is 0 Å². The van der Waals surface area contributed by atoms with Crippen molar-refractivity contribution in [1.29, 1.82) is 0 Å². The number of aliphatic hydroxyl groups excluding tert-OH is 1. The number of aromatic nitrogens is 3. The maximum Gasteiger partial charge on any atom is 0.242 e. The van der Waals surface area contributed by atoms with E-state index < -0.39 is 0 Å². The van der Waals surface area contributed by atoms with E-state index in [2.05, 4.69) is 15.6 Å². The number of hydrogen-bond donors (Lipinski definition) is 3. The molecule has 7 nitrogen and oxygen atoms in total. The summed E-state index contributed by atoms with van der Waals surface area (Å²) in [5.74, 6) is -0.167. The highest BCUT2D eigenvalue weighted by Crippen LogP contribution is 2.34. The lowest BCUT2D eigenvalue weighted by atomic mass is 10.3. The average molecular weight is 225 g/mol. The van der Waals surface area contributed by atoms with E-state index in [4.69, 9.17) is 10.8 Å². The van der Waals surface area contributed by atoms with Gasteiger partial charge in [-0.3, -0.25) is 4.79 Å². The van der Waals surface area contributed by atoms with Gasteiger partial charge in [0, 0.05) is 6.54 Å². The molecular weight excluding hydrogens is 210 g/mol. The van der Waals surface area contributed by atoms with E-state index in [9.17, 15) is 4.79 Å². The Hall–Kier alpha value is -1.47. The molecule has 1 fully saturated rings. The van der Waals surface area contributed by atoms with E-state index >= 15 is 0 Å². The maximum atomic E-state index is 11.6. The van der Waals surface area contributed by atoms with Gasteiger partial charge in [-0.25, -0.2) is 4.68 Å². The summed E-state index contributed by atoms with van der Waals surface area (Å²) in [5, 5.41) is 19.4. The lowest BCUT2D eigenvalue weighted by molar-refractivity contribution is -0.123. The predicted octanol–water partition coefficient (Wildman–Crippen LogP) is -1.62. The first kappa shape index (κ1) is 11.0. The highest BCUT2D eigenvalue weighted by Gasteiger charge is 2.43. The number of nitrogens with zero attached hydrogens (tertiary/aromatic N) is 3. The number of hydrogen-bond acceptors (Lipinski definition) is 5. The minimum Gasteiger partial charge on any atom is -0.394 e. The van der Waals surface area contributed by atoms with Crippen molar-refractivity contribution < 1.29 is 9.90 Å². The van der Waals surface area contributed by atoms with E-state index in [0.717, 1.165) is 12.8 Å². The first-order valence-electron chi connectivity index (χ1n) is 5.18. The molecule has 88 valence electrons. The first-order valence-corrected chi connectivity index (χ1v) is 5.18. The van der Waals surface area contributed by atoms with Gasteiger partial charge in [-0.1, -0.05) is 5.21 Å². The molecule has 1 saturated carbocycles. The largest absolute Gasteiger partial charge is 0.394 e. The van der Waals surface area contributed by atoms with Crippen LogP contribution in [0.5, 0.6) is 0 Å². The van der Waals surface area contributed by atoms with Gasteiger partial charge in [0.05, 0.1) is 24.0 Å². The zero-order chi connectivity index (χ0) is 11.6. The maximum absolute atomic E-state index is 11.6. The molecule has 0 bridgehead atoms. The fourth-order valence-electron chi connectivity index (χ4n) is 1.47. The zero-order valence-corrected chi connectivity index (χ0v) is 8.89. The van der Waals surface area contributed by atoms with Crippen LogP contribution in [-0.4, -0.2) is 38.2 Å². The summed E-state index contributed by atoms with van der Waals surface area (Å²) in [7, 11) is 0. The highest BCUT2D eigenvalue weighted by molar-refractivity contribution is 5.77. The van der Waals surface area contributed by atoms with Gasteiger partial charge in [0.1, 0.15) is 6.54 Å². The third kappa shape index (κ3) is 2.37. The summed E-state index contributed by atoms with van der Waals surface area (Å²) in [6, 6.07) is 0. The molecule has 2 rings (SSSR count). The molecule has 0 atom stereocenters. The smallest absolute Gasteiger partial charge is 0.242 e. The summed E-state index contributed by atoms with van der Waals surface area (Å²) in [4.78, 5) is 11.6. The van der Waals surface area contributed by atoms with E-state index in [0.29, 0.717) is 12.2 Å². The molecule has 0 radical (unpaired) electrons. The SMILES string of the molecule is NCc1cn(CC(=O)NC2(CO)CC2)nn1. The minimum atomic E-state index is -0.381. The summed E-state index contributed by atoms with van der Waals surface area (Å²) >= 11 is 0. The predicted molar refractivity (Wildman–Crippen MR) is 55.1 cm³/mol. The van der Waals surface area contributed by atoms with Crippen molar-refractivity contribution in [3.63, 3.8) is 0 Å². The summed E-state index contributed by atoms with van der Waals surface area (Å²) < 4.78 is 1.44. The second-order valence-electron chi connectivity index (χ2n) is 4.10. The summed E-state index contributed by atoms with van der Waals surface area (Å²) in [6.45, 7) is 0.404. The molecule has 7 heteroatoms. The van der Waals surface area contributed by atoms with E-state index in [1.54, 1.807) is 6.20 Å². The number of carbonyl (C=O) groups is 1. The van der Waals surface area contributed by atoms with Crippen molar-refractivity contribution in [2.45, 2.75) is 31.5 Å². The monoisotopic (exact) mass is 225 g/mol. The zero-order valence-electron chi connectivity index (χ0n) is 8.89. The van der Waals surface area contributed by atoms with Gasteiger partial charge in [-0.15, -0.1) is 5.10 Å². The van der Waals surface area contributed by atoms with Crippen molar-refractivity contribution in [3.8, 4) is 0 Å². The molecule has 1 amide bonds. The molecule has 16 heavy (non-hydrogen) atoms. The number of rotatable bonds is 5. The van der Waals surface area contributed by atoms with Crippen LogP contribution in [0, 0.1) is 0 Å². The quantitative estimate of drug-likeness (QED) is 0.558. The Morgan fingerprint density at radius 3 is 2.94 bits per heavy atom. The Morgan fingerprint density at radius 1 is 1.69 bits per heavy atom. The van der Waals surface area contributed by atoms with Crippen LogP contribution in [0.1, 0.15) is 18.5 Å². The van der Waals surface area contributed by atoms with Crippen LogP contribution >= 0.6 is 0 Å². The summed E-state index contributed by atoms with van der Waals surface area (Å²) in [6.07, 6.45) is 3.30. The third-order valence-corrected chi connectivity index (χ3v) is 2.66. The van der Waals surface area contributed by atoms with Crippen LogP contribution in [0.15, 0.2) is 6.20 Å². The van der Waals surface area contributed by atoms with Gasteiger partial charge in [0.25, 0.3) is 0 Å². The van der Waals surface area contributed by atoms with Crippen molar-refractivity contribution in [2.24, 2.45) is 5.73 Å². The Kier molecular flexibility index (Phi) is 2.88. The Labute approximate surface area is 92.6 Å². The van der Waals surface area contributed by atoms with Crippen molar-refractivity contribution in [3.05, 3.63) is 11.9 Å². The third-order valence-electron chi connectivity index (χ3n) is 2.66. The van der Waals surface area contributed by atoms with Crippen molar-refractivity contribution in [1.82, 2.24) is 20.3 Å². The van der Waals surface area contributed by atoms with Crippen LogP contribution in [0.4, 0.5) is 0 Å². The number of aliphatic hydroxyl groups is 1. The van der Waals surface area contributed by atoms with Crippen LogP contribution < -0.4 is 11.1 Å². The lowest BCUT2D eigenvalue weighted by Gasteiger charge is -2.13. The topological polar surface area (TPSA) is 106 Å². The molecule has 0 unspecified atom stereocenters. The Bertz CT molecular complexity index is 385. The molecule has 1 heterocycles. The fraction of sp³-hybridized carbons (Fsp3) is 0.667. The Balaban J connectivity index is 1.87. The molecule has 1 aliphatic carbocycles. The molecule has 4 N–H and O–H groups in total.